The standard InChI is InChI=1S/C23H37N3O4/c1-4-25(5-2)16-9-8-15-24-22(27)14-17-26(19-12-13-19)23(28)18-30-21-11-7-6-10-20(21)29-3/h6-7,10-11,19H,4-5,8-9,12-18H2,1-3H3,(H,24,27). The molecule has 2 amide bonds. The average Bonchev–Trinajstić information content (AvgIpc) is 3.60. The SMILES string of the molecule is CCN(CC)CCCCNC(=O)CCN(C(=O)COc1ccccc1OC)C1CC1. The Morgan fingerprint density at radius 3 is 2.40 bits per heavy atom. The second kappa shape index (κ2) is 13.1. The Morgan fingerprint density at radius 1 is 1.07 bits per heavy atom. The predicted octanol–water partition coefficient (Wildman–Crippen LogP) is 2.69. The Hall–Kier alpha value is -2.28. The van der Waals surface area contributed by atoms with Crippen molar-refractivity contribution in [1.82, 2.24) is 15.1 Å². The molecule has 1 saturated carbocycles. The highest BCUT2D eigenvalue weighted by Crippen LogP contribution is 2.28. The lowest BCUT2D eigenvalue weighted by atomic mass is 10.2. The van der Waals surface area contributed by atoms with E-state index in [4.69, 9.17) is 9.47 Å². The molecular formula is C23H37N3O4. The molecule has 0 aliphatic heterocycles. The van der Waals surface area contributed by atoms with E-state index in [-0.39, 0.29) is 24.5 Å². The molecule has 0 bridgehead atoms. The minimum atomic E-state index is -0.0876. The molecule has 0 unspecified atom stereocenters. The fourth-order valence-corrected chi connectivity index (χ4v) is 3.40. The van der Waals surface area contributed by atoms with Crippen molar-refractivity contribution in [2.24, 2.45) is 0 Å². The molecule has 0 saturated heterocycles. The van der Waals surface area contributed by atoms with Gasteiger partial charge in [-0.3, -0.25) is 9.59 Å². The van der Waals surface area contributed by atoms with Gasteiger partial charge in [0.05, 0.1) is 7.11 Å². The highest BCUT2D eigenvalue weighted by atomic mass is 16.5. The molecule has 1 N–H and O–H groups in total. The van der Waals surface area contributed by atoms with Gasteiger partial charge in [0, 0.05) is 25.6 Å². The first-order valence-corrected chi connectivity index (χ1v) is 11.1. The van der Waals surface area contributed by atoms with Gasteiger partial charge in [0.2, 0.25) is 5.91 Å². The van der Waals surface area contributed by atoms with Crippen LogP contribution in [0, 0.1) is 0 Å². The Labute approximate surface area is 180 Å². The number of nitrogens with one attached hydrogen (secondary N) is 1. The number of nitrogens with zero attached hydrogens (tertiary/aromatic N) is 2. The van der Waals surface area contributed by atoms with E-state index in [0.29, 0.717) is 31.0 Å². The van der Waals surface area contributed by atoms with Crippen LogP contribution in [0.2, 0.25) is 0 Å². The van der Waals surface area contributed by atoms with Crippen LogP contribution in [0.3, 0.4) is 0 Å². The van der Waals surface area contributed by atoms with Crippen LogP contribution in [0.1, 0.15) is 46.0 Å². The van der Waals surface area contributed by atoms with E-state index in [1.165, 1.54) is 0 Å². The molecule has 1 fully saturated rings. The summed E-state index contributed by atoms with van der Waals surface area (Å²) < 4.78 is 10.9. The molecule has 1 aliphatic carbocycles. The summed E-state index contributed by atoms with van der Waals surface area (Å²) >= 11 is 0. The molecule has 7 nitrogen and oxygen atoms in total. The maximum absolute atomic E-state index is 12.7. The van der Waals surface area contributed by atoms with Gasteiger partial charge in [-0.2, -0.15) is 0 Å². The van der Waals surface area contributed by atoms with Crippen LogP contribution in [-0.4, -0.2) is 74.1 Å². The summed E-state index contributed by atoms with van der Waals surface area (Å²) in [5.41, 5.74) is 0. The second-order valence-electron chi connectivity index (χ2n) is 7.59. The van der Waals surface area contributed by atoms with Gasteiger partial charge in [-0.25, -0.2) is 0 Å². The van der Waals surface area contributed by atoms with E-state index in [9.17, 15) is 9.59 Å². The van der Waals surface area contributed by atoms with Crippen molar-refractivity contribution in [2.75, 3.05) is 46.4 Å². The minimum absolute atomic E-state index is 0.00179. The molecule has 2 rings (SSSR count). The van der Waals surface area contributed by atoms with E-state index in [1.54, 1.807) is 24.1 Å². The largest absolute Gasteiger partial charge is 0.493 e. The van der Waals surface area contributed by atoms with E-state index >= 15 is 0 Å². The zero-order valence-corrected chi connectivity index (χ0v) is 18.7. The average molecular weight is 420 g/mol. The molecule has 7 heteroatoms. The summed E-state index contributed by atoms with van der Waals surface area (Å²) in [6, 6.07) is 7.51. The van der Waals surface area contributed by atoms with Crippen molar-refractivity contribution in [1.29, 1.82) is 0 Å². The van der Waals surface area contributed by atoms with Gasteiger partial charge < -0.3 is 24.6 Å². The van der Waals surface area contributed by atoms with Crippen LogP contribution in [0.25, 0.3) is 0 Å². The molecular weight excluding hydrogens is 382 g/mol. The van der Waals surface area contributed by atoms with Crippen molar-refractivity contribution in [3.8, 4) is 11.5 Å². The van der Waals surface area contributed by atoms with Gasteiger partial charge in [0.25, 0.3) is 5.91 Å². The minimum Gasteiger partial charge on any atom is -0.493 e. The third-order valence-electron chi connectivity index (χ3n) is 5.43. The van der Waals surface area contributed by atoms with Crippen molar-refractivity contribution in [3.05, 3.63) is 24.3 Å². The fourth-order valence-electron chi connectivity index (χ4n) is 3.40. The van der Waals surface area contributed by atoms with E-state index in [0.717, 1.165) is 45.3 Å². The number of hydrogen-bond donors (Lipinski definition) is 1. The number of carbonyl (C=O) groups is 2. The Bertz CT molecular complexity index is 660. The summed E-state index contributed by atoms with van der Waals surface area (Å²) in [7, 11) is 1.57. The number of amides is 2. The molecule has 0 heterocycles. The number of unbranched alkanes of at least 4 members (excludes halogenated alkanes) is 1. The molecule has 0 aromatic heterocycles. The Balaban J connectivity index is 1.68. The maximum atomic E-state index is 12.7. The first kappa shape index (κ1) is 24.0. The van der Waals surface area contributed by atoms with E-state index in [1.807, 2.05) is 12.1 Å². The number of methoxy groups -OCH3 is 1. The molecule has 0 atom stereocenters. The highest BCUT2D eigenvalue weighted by Gasteiger charge is 2.32. The van der Waals surface area contributed by atoms with Gasteiger partial charge in [-0.15, -0.1) is 0 Å². The van der Waals surface area contributed by atoms with Crippen molar-refractivity contribution < 1.29 is 19.1 Å². The van der Waals surface area contributed by atoms with Crippen LogP contribution in [0.15, 0.2) is 24.3 Å². The van der Waals surface area contributed by atoms with Gasteiger partial charge in [0.15, 0.2) is 18.1 Å². The van der Waals surface area contributed by atoms with E-state index in [2.05, 4.69) is 24.1 Å². The predicted molar refractivity (Wildman–Crippen MR) is 118 cm³/mol. The van der Waals surface area contributed by atoms with E-state index < -0.39 is 0 Å². The summed E-state index contributed by atoms with van der Waals surface area (Å²) in [5, 5.41) is 2.98. The Morgan fingerprint density at radius 2 is 1.77 bits per heavy atom. The molecule has 1 aromatic rings. The van der Waals surface area contributed by atoms with Gasteiger partial charge >= 0.3 is 0 Å². The topological polar surface area (TPSA) is 71.1 Å². The Kier molecular flexibility index (Phi) is 10.5. The van der Waals surface area contributed by atoms with Gasteiger partial charge in [-0.1, -0.05) is 26.0 Å². The van der Waals surface area contributed by atoms with Crippen LogP contribution in [-0.2, 0) is 9.59 Å². The third-order valence-corrected chi connectivity index (χ3v) is 5.43. The quantitative estimate of drug-likeness (QED) is 0.443. The first-order valence-electron chi connectivity index (χ1n) is 11.1. The van der Waals surface area contributed by atoms with Crippen molar-refractivity contribution in [3.63, 3.8) is 0 Å². The molecule has 168 valence electrons. The normalized spacial score (nSPS) is 13.2. The van der Waals surface area contributed by atoms with Crippen molar-refractivity contribution >= 4 is 11.8 Å². The van der Waals surface area contributed by atoms with Crippen LogP contribution in [0.5, 0.6) is 11.5 Å². The third kappa shape index (κ3) is 8.22. The number of ether oxygens (including phenoxy) is 2. The van der Waals surface area contributed by atoms with Gasteiger partial charge in [-0.05, 0) is 57.5 Å². The number of hydrogen-bond acceptors (Lipinski definition) is 5. The number of rotatable bonds is 15. The number of para-hydroxylation sites is 2. The monoisotopic (exact) mass is 419 g/mol. The summed E-state index contributed by atoms with van der Waals surface area (Å²) in [5.74, 6) is 1.06. The summed E-state index contributed by atoms with van der Waals surface area (Å²) in [6.07, 6.45) is 4.36. The molecule has 0 spiro atoms. The van der Waals surface area contributed by atoms with Gasteiger partial charge in [0.1, 0.15) is 0 Å². The van der Waals surface area contributed by atoms with Crippen LogP contribution < -0.4 is 14.8 Å². The van der Waals surface area contributed by atoms with Crippen LogP contribution >= 0.6 is 0 Å². The lowest BCUT2D eigenvalue weighted by molar-refractivity contribution is -0.134. The summed E-state index contributed by atoms with van der Waals surface area (Å²) in [6.45, 7) is 8.60. The first-order chi connectivity index (χ1) is 14.6. The maximum Gasteiger partial charge on any atom is 0.260 e. The molecule has 1 aromatic carbocycles. The second-order valence-corrected chi connectivity index (χ2v) is 7.59. The lowest BCUT2D eigenvalue weighted by Gasteiger charge is -2.22. The zero-order valence-electron chi connectivity index (χ0n) is 18.7. The molecule has 1 aliphatic rings. The lowest BCUT2D eigenvalue weighted by Crippen LogP contribution is -2.39. The summed E-state index contributed by atoms with van der Waals surface area (Å²) in [4.78, 5) is 29.0. The fraction of sp³-hybridized carbons (Fsp3) is 0.652. The number of benzene rings is 1. The van der Waals surface area contributed by atoms with Crippen LogP contribution in [0.4, 0.5) is 0 Å². The smallest absolute Gasteiger partial charge is 0.260 e. The zero-order chi connectivity index (χ0) is 21.8. The van der Waals surface area contributed by atoms with Crippen molar-refractivity contribution in [2.45, 2.75) is 52.0 Å². The molecule has 30 heavy (non-hydrogen) atoms. The molecule has 0 radical (unpaired) electrons. The highest BCUT2D eigenvalue weighted by molar-refractivity contribution is 5.80. The number of carbonyl (C=O) groups excluding carboxylic acids is 2.